The normalized spacial score (nSPS) is 33.0. The molecule has 0 aromatic rings. The molecule has 1 N–H and O–H groups in total. The molecule has 4 heteroatoms. The highest BCUT2D eigenvalue weighted by atomic mass is 16.5. The Morgan fingerprint density at radius 2 is 2.25 bits per heavy atom. The van der Waals surface area contributed by atoms with E-state index >= 15 is 0 Å². The summed E-state index contributed by atoms with van der Waals surface area (Å²) in [5.74, 6) is 1.46. The molecule has 2 heterocycles. The van der Waals surface area contributed by atoms with E-state index in [0.717, 1.165) is 32.6 Å². The molecule has 4 atom stereocenters. The summed E-state index contributed by atoms with van der Waals surface area (Å²) in [5, 5.41) is 3.45. The average Bonchev–Trinajstić information content (AvgIpc) is 2.47. The predicted octanol–water partition coefficient (Wildman–Crippen LogP) is 2.04. The van der Waals surface area contributed by atoms with Crippen molar-refractivity contribution in [3.63, 3.8) is 0 Å². The zero-order valence-electron chi connectivity index (χ0n) is 13.2. The van der Waals surface area contributed by atoms with E-state index in [-0.39, 0.29) is 12.2 Å². The molecule has 2 aliphatic rings. The van der Waals surface area contributed by atoms with Gasteiger partial charge >= 0.3 is 0 Å². The quantitative estimate of drug-likeness (QED) is 0.858. The van der Waals surface area contributed by atoms with E-state index in [9.17, 15) is 4.79 Å². The van der Waals surface area contributed by atoms with Crippen molar-refractivity contribution in [2.45, 2.75) is 58.7 Å². The molecule has 4 nitrogen and oxygen atoms in total. The summed E-state index contributed by atoms with van der Waals surface area (Å²) in [5.41, 5.74) is 0. The summed E-state index contributed by atoms with van der Waals surface area (Å²) < 4.78 is 5.83. The van der Waals surface area contributed by atoms with Crippen LogP contribution in [-0.4, -0.2) is 49.2 Å². The van der Waals surface area contributed by atoms with E-state index in [0.29, 0.717) is 24.2 Å². The highest BCUT2D eigenvalue weighted by Gasteiger charge is 2.29. The standard InChI is InChI=1S/C16H30N2O2/c1-4-15-11-18(10-13(3)20-15)16(19)8-12(2)14-6-5-7-17-9-14/h12-15,17H,4-11H2,1-3H3. The summed E-state index contributed by atoms with van der Waals surface area (Å²) >= 11 is 0. The van der Waals surface area contributed by atoms with Crippen molar-refractivity contribution in [3.05, 3.63) is 0 Å². The first-order valence-corrected chi connectivity index (χ1v) is 8.24. The van der Waals surface area contributed by atoms with Gasteiger partial charge in [-0.05, 0) is 51.1 Å². The van der Waals surface area contributed by atoms with Crippen LogP contribution in [0.25, 0.3) is 0 Å². The third kappa shape index (κ3) is 4.19. The number of morpholine rings is 1. The number of carbonyl (C=O) groups is 1. The molecule has 0 saturated carbocycles. The number of hydrogen-bond acceptors (Lipinski definition) is 3. The molecule has 2 rings (SSSR count). The third-order valence-corrected chi connectivity index (χ3v) is 4.77. The Morgan fingerprint density at radius 3 is 2.90 bits per heavy atom. The zero-order valence-corrected chi connectivity index (χ0v) is 13.2. The van der Waals surface area contributed by atoms with Gasteiger partial charge in [0.2, 0.25) is 5.91 Å². The van der Waals surface area contributed by atoms with Gasteiger partial charge in [0.1, 0.15) is 0 Å². The summed E-state index contributed by atoms with van der Waals surface area (Å²) in [6, 6.07) is 0. The molecule has 116 valence electrons. The summed E-state index contributed by atoms with van der Waals surface area (Å²) in [6.07, 6.45) is 4.57. The van der Waals surface area contributed by atoms with Crippen LogP contribution in [0.3, 0.4) is 0 Å². The summed E-state index contributed by atoms with van der Waals surface area (Å²) in [6.45, 7) is 10.2. The molecule has 4 unspecified atom stereocenters. The zero-order chi connectivity index (χ0) is 14.5. The van der Waals surface area contributed by atoms with Crippen LogP contribution in [0.5, 0.6) is 0 Å². The van der Waals surface area contributed by atoms with E-state index in [1.165, 1.54) is 12.8 Å². The lowest BCUT2D eigenvalue weighted by atomic mass is 9.85. The minimum Gasteiger partial charge on any atom is -0.372 e. The lowest BCUT2D eigenvalue weighted by Gasteiger charge is -2.37. The minimum absolute atomic E-state index is 0.171. The number of hydrogen-bond donors (Lipinski definition) is 1. The first-order valence-electron chi connectivity index (χ1n) is 8.24. The highest BCUT2D eigenvalue weighted by Crippen LogP contribution is 2.24. The Morgan fingerprint density at radius 1 is 1.45 bits per heavy atom. The number of nitrogens with one attached hydrogen (secondary N) is 1. The largest absolute Gasteiger partial charge is 0.372 e. The molecule has 0 aliphatic carbocycles. The Kier molecular flexibility index (Phi) is 5.85. The van der Waals surface area contributed by atoms with Gasteiger partial charge in [0.25, 0.3) is 0 Å². The number of carbonyl (C=O) groups excluding carboxylic acids is 1. The van der Waals surface area contributed by atoms with Gasteiger partial charge in [0, 0.05) is 19.5 Å². The van der Waals surface area contributed by atoms with Gasteiger partial charge in [-0.15, -0.1) is 0 Å². The first-order chi connectivity index (χ1) is 9.60. The van der Waals surface area contributed by atoms with Gasteiger partial charge in [-0.1, -0.05) is 13.8 Å². The molecule has 0 aromatic heterocycles. The molecule has 20 heavy (non-hydrogen) atoms. The Hall–Kier alpha value is -0.610. The average molecular weight is 282 g/mol. The molecule has 0 radical (unpaired) electrons. The van der Waals surface area contributed by atoms with Crippen molar-refractivity contribution < 1.29 is 9.53 Å². The van der Waals surface area contributed by atoms with Crippen LogP contribution in [0.1, 0.15) is 46.5 Å². The van der Waals surface area contributed by atoms with Crippen molar-refractivity contribution in [2.24, 2.45) is 11.8 Å². The second-order valence-electron chi connectivity index (χ2n) is 6.56. The molecule has 2 aliphatic heterocycles. The monoisotopic (exact) mass is 282 g/mol. The molecular formula is C16H30N2O2. The van der Waals surface area contributed by atoms with E-state index in [1.807, 2.05) is 4.90 Å². The molecule has 2 fully saturated rings. The lowest BCUT2D eigenvalue weighted by Crippen LogP contribution is -2.49. The molecule has 0 spiro atoms. The number of ether oxygens (including phenoxy) is 1. The van der Waals surface area contributed by atoms with Gasteiger partial charge in [-0.25, -0.2) is 0 Å². The molecule has 0 bridgehead atoms. The smallest absolute Gasteiger partial charge is 0.223 e. The first kappa shape index (κ1) is 15.8. The summed E-state index contributed by atoms with van der Waals surface area (Å²) in [4.78, 5) is 14.5. The van der Waals surface area contributed by atoms with E-state index in [1.54, 1.807) is 0 Å². The summed E-state index contributed by atoms with van der Waals surface area (Å²) in [7, 11) is 0. The second-order valence-corrected chi connectivity index (χ2v) is 6.56. The Bertz CT molecular complexity index is 316. The van der Waals surface area contributed by atoms with Crippen LogP contribution >= 0.6 is 0 Å². The Balaban J connectivity index is 1.83. The number of rotatable bonds is 4. The van der Waals surface area contributed by atoms with Gasteiger partial charge < -0.3 is 15.0 Å². The Labute approximate surface area is 123 Å². The van der Waals surface area contributed by atoms with Crippen LogP contribution in [0, 0.1) is 11.8 Å². The van der Waals surface area contributed by atoms with E-state index in [2.05, 4.69) is 26.1 Å². The van der Waals surface area contributed by atoms with Crippen molar-refractivity contribution in [1.82, 2.24) is 10.2 Å². The highest BCUT2D eigenvalue weighted by molar-refractivity contribution is 5.76. The van der Waals surface area contributed by atoms with Gasteiger partial charge in [0.05, 0.1) is 12.2 Å². The SMILES string of the molecule is CCC1CN(C(=O)CC(C)C2CCCNC2)CC(C)O1. The number of piperidine rings is 1. The van der Waals surface area contributed by atoms with Crippen molar-refractivity contribution in [3.8, 4) is 0 Å². The lowest BCUT2D eigenvalue weighted by molar-refractivity contribution is -0.145. The molecule has 1 amide bonds. The predicted molar refractivity (Wildman–Crippen MR) is 80.6 cm³/mol. The molecular weight excluding hydrogens is 252 g/mol. The maximum Gasteiger partial charge on any atom is 0.223 e. The van der Waals surface area contributed by atoms with Crippen molar-refractivity contribution >= 4 is 5.91 Å². The fourth-order valence-electron chi connectivity index (χ4n) is 3.41. The van der Waals surface area contributed by atoms with Crippen molar-refractivity contribution in [2.75, 3.05) is 26.2 Å². The second kappa shape index (κ2) is 7.41. The van der Waals surface area contributed by atoms with Crippen molar-refractivity contribution in [1.29, 1.82) is 0 Å². The van der Waals surface area contributed by atoms with Crippen LogP contribution in [0.2, 0.25) is 0 Å². The van der Waals surface area contributed by atoms with E-state index in [4.69, 9.17) is 4.74 Å². The van der Waals surface area contributed by atoms with Gasteiger partial charge in [-0.2, -0.15) is 0 Å². The van der Waals surface area contributed by atoms with Crippen LogP contribution in [-0.2, 0) is 9.53 Å². The van der Waals surface area contributed by atoms with Crippen LogP contribution in [0.15, 0.2) is 0 Å². The van der Waals surface area contributed by atoms with Crippen LogP contribution < -0.4 is 5.32 Å². The topological polar surface area (TPSA) is 41.6 Å². The maximum atomic E-state index is 12.5. The molecule has 0 aromatic carbocycles. The number of nitrogens with zero attached hydrogens (tertiary/aromatic N) is 1. The van der Waals surface area contributed by atoms with Gasteiger partial charge in [-0.3, -0.25) is 4.79 Å². The van der Waals surface area contributed by atoms with Crippen LogP contribution in [0.4, 0.5) is 0 Å². The van der Waals surface area contributed by atoms with E-state index < -0.39 is 0 Å². The molecule has 2 saturated heterocycles. The van der Waals surface area contributed by atoms with Gasteiger partial charge in [0.15, 0.2) is 0 Å². The minimum atomic E-state index is 0.171. The third-order valence-electron chi connectivity index (χ3n) is 4.77. The maximum absolute atomic E-state index is 12.5. The number of amides is 1. The fourth-order valence-corrected chi connectivity index (χ4v) is 3.41. The fraction of sp³-hybridized carbons (Fsp3) is 0.938.